The van der Waals surface area contributed by atoms with Gasteiger partial charge < -0.3 is 77.1 Å². The summed E-state index contributed by atoms with van der Waals surface area (Å²) >= 11 is 0. The normalized spacial score (nSPS) is 12.9. The van der Waals surface area contributed by atoms with Crippen LogP contribution in [-0.4, -0.2) is 192 Å². The van der Waals surface area contributed by atoms with Crippen molar-refractivity contribution in [2.45, 2.75) is 130 Å². The van der Waals surface area contributed by atoms with Crippen LogP contribution in [0.5, 0.6) is 0 Å². The van der Waals surface area contributed by atoms with Crippen molar-refractivity contribution in [3.05, 3.63) is 12.4 Å². The summed E-state index contributed by atoms with van der Waals surface area (Å²) in [5.41, 5.74) is 10.8. The Bertz CT molecular complexity index is 1730. The molecule has 8 amide bonds. The zero-order chi connectivity index (χ0) is 54.8. The molecule has 0 aromatic carbocycles. The fraction of sp³-hybridized carbons (Fsp3) is 0.792. The molecule has 1 aromatic heterocycles. The van der Waals surface area contributed by atoms with Gasteiger partial charge in [0.2, 0.25) is 35.4 Å². The van der Waals surface area contributed by atoms with Crippen molar-refractivity contribution in [3.63, 3.8) is 0 Å². The number of aromatic nitrogens is 3. The van der Waals surface area contributed by atoms with Gasteiger partial charge in [-0.25, -0.2) is 4.79 Å². The number of ether oxygens (including phenoxy) is 6. The van der Waals surface area contributed by atoms with Gasteiger partial charge in [-0.2, -0.15) is 0 Å². The molecule has 0 saturated carbocycles. The molecular weight excluding hydrogens is 969 g/mol. The zero-order valence-corrected chi connectivity index (χ0v) is 44.4. The molecule has 1 heterocycles. The number of nitrogens with two attached hydrogens (primary N) is 2. The van der Waals surface area contributed by atoms with Crippen LogP contribution in [0.4, 0.5) is 4.79 Å². The minimum absolute atomic E-state index is 0.0178. The lowest BCUT2D eigenvalue weighted by Gasteiger charge is -2.28. The summed E-state index contributed by atoms with van der Waals surface area (Å²) in [6.07, 6.45) is 7.71. The topological polar surface area (TPSA) is 359 Å². The summed E-state index contributed by atoms with van der Waals surface area (Å²) < 4.78 is 34.7. The first-order chi connectivity index (χ1) is 35.5. The average Bonchev–Trinajstić information content (AvgIpc) is 3.88. The number of rotatable bonds is 47. The van der Waals surface area contributed by atoms with E-state index >= 15 is 0 Å². The number of primary amides is 1. The number of amides is 8. The number of carbonyl (C=O) groups excluding carboxylic acids is 8. The third kappa shape index (κ3) is 34.9. The van der Waals surface area contributed by atoms with Crippen molar-refractivity contribution >= 4 is 47.3 Å². The van der Waals surface area contributed by atoms with E-state index < -0.39 is 47.9 Å². The molecule has 0 aliphatic rings. The molecule has 4 unspecified atom stereocenters. The van der Waals surface area contributed by atoms with E-state index in [-0.39, 0.29) is 94.2 Å². The lowest BCUT2D eigenvalue weighted by atomic mass is 9.96. The molecular formula is C48H88N12O14. The van der Waals surface area contributed by atoms with Crippen LogP contribution in [0.15, 0.2) is 12.4 Å². The summed E-state index contributed by atoms with van der Waals surface area (Å²) in [4.78, 5) is 100. The van der Waals surface area contributed by atoms with Crippen LogP contribution in [-0.2, 0) is 68.5 Å². The Morgan fingerprint density at radius 1 is 0.541 bits per heavy atom. The highest BCUT2D eigenvalue weighted by Gasteiger charge is 2.32. The molecule has 0 spiro atoms. The van der Waals surface area contributed by atoms with Crippen molar-refractivity contribution in [1.29, 1.82) is 0 Å². The number of aryl methyl sites for hydroxylation is 1. The molecule has 1 aromatic rings. The van der Waals surface area contributed by atoms with Crippen LogP contribution in [0.3, 0.4) is 0 Å². The van der Waals surface area contributed by atoms with Gasteiger partial charge in [0.15, 0.2) is 5.78 Å². The molecule has 26 heteroatoms. The third-order valence-electron chi connectivity index (χ3n) is 10.9. The van der Waals surface area contributed by atoms with Crippen LogP contribution < -0.4 is 48.7 Å². The second-order valence-corrected chi connectivity index (χ2v) is 17.9. The van der Waals surface area contributed by atoms with Gasteiger partial charge in [0, 0.05) is 58.1 Å². The Morgan fingerprint density at radius 3 is 1.59 bits per heavy atom. The molecule has 26 nitrogen and oxygen atoms in total. The van der Waals surface area contributed by atoms with Crippen LogP contribution in [0.2, 0.25) is 0 Å². The van der Waals surface area contributed by atoms with E-state index in [2.05, 4.69) is 47.5 Å². The standard InChI is InChI=1S/C48H88N12O14/c1-35(2)43(47(67)57-38(44(64)36(3)4)13-10-17-53-48(50)68)58-46(66)40(11-6-8-16-49)56-42(63)15-24-70-28-32-74-33-29-71-25-19-51-41(62)14-23-69-27-31-73-34-30-72-26-20-52-45(65)39(55-37(5)61)12-7-9-21-60-22-18-54-59-60/h18,22,35-36,38-40,43H,6-17,19-21,23-34,49H2,1-5H3,(H,51,62)(H,52,65)(H,55,61)(H,56,63)(H,57,67)(H,58,66)(H3,50,53,68). The maximum absolute atomic E-state index is 13.5. The lowest BCUT2D eigenvalue weighted by Crippen LogP contribution is -2.57. The molecule has 11 N–H and O–H groups in total. The minimum Gasteiger partial charge on any atom is -0.379 e. The number of hydrogen-bond donors (Lipinski definition) is 9. The molecule has 0 fully saturated rings. The molecule has 0 aliphatic heterocycles. The number of carbonyl (C=O) groups is 8. The van der Waals surface area contributed by atoms with Crippen LogP contribution >= 0.6 is 0 Å². The van der Waals surface area contributed by atoms with Gasteiger partial charge in [-0.05, 0) is 63.8 Å². The molecule has 1 rings (SSSR count). The molecule has 0 aliphatic carbocycles. The average molecular weight is 1060 g/mol. The molecule has 0 bridgehead atoms. The maximum Gasteiger partial charge on any atom is 0.312 e. The zero-order valence-electron chi connectivity index (χ0n) is 44.4. The fourth-order valence-corrected chi connectivity index (χ4v) is 6.91. The van der Waals surface area contributed by atoms with Crippen LogP contribution in [0.1, 0.15) is 98.8 Å². The first kappa shape index (κ1) is 66.6. The molecule has 0 radical (unpaired) electrons. The monoisotopic (exact) mass is 1060 g/mol. The van der Waals surface area contributed by atoms with Gasteiger partial charge in [-0.15, -0.1) is 5.10 Å². The minimum atomic E-state index is -0.992. The first-order valence-electron chi connectivity index (χ1n) is 25.8. The molecule has 0 saturated heterocycles. The Morgan fingerprint density at radius 2 is 1.07 bits per heavy atom. The van der Waals surface area contributed by atoms with E-state index in [4.69, 9.17) is 39.9 Å². The van der Waals surface area contributed by atoms with Gasteiger partial charge in [-0.3, -0.25) is 38.2 Å². The quantitative estimate of drug-likeness (QED) is 0.0353. The summed E-state index contributed by atoms with van der Waals surface area (Å²) in [6, 6.07) is -4.07. The molecule has 4 atom stereocenters. The Hall–Kier alpha value is -5.38. The molecule has 424 valence electrons. The third-order valence-corrected chi connectivity index (χ3v) is 10.9. The Kier molecular flexibility index (Phi) is 38.6. The fourth-order valence-electron chi connectivity index (χ4n) is 6.91. The predicted octanol–water partition coefficient (Wildman–Crippen LogP) is -1.02. The smallest absolute Gasteiger partial charge is 0.312 e. The lowest BCUT2D eigenvalue weighted by molar-refractivity contribution is -0.135. The summed E-state index contributed by atoms with van der Waals surface area (Å²) in [6.45, 7) is 13.6. The summed E-state index contributed by atoms with van der Waals surface area (Å²) in [5.74, 6) is -3.10. The second kappa shape index (κ2) is 42.9. The highest BCUT2D eigenvalue weighted by atomic mass is 16.5. The molecule has 74 heavy (non-hydrogen) atoms. The second-order valence-electron chi connectivity index (χ2n) is 17.9. The highest BCUT2D eigenvalue weighted by Crippen LogP contribution is 2.11. The van der Waals surface area contributed by atoms with E-state index in [1.165, 1.54) is 6.92 Å². The number of nitrogens with zero attached hydrogens (tertiary/aromatic N) is 3. The van der Waals surface area contributed by atoms with Crippen LogP contribution in [0, 0.1) is 11.8 Å². The van der Waals surface area contributed by atoms with Crippen molar-refractivity contribution in [3.8, 4) is 0 Å². The van der Waals surface area contributed by atoms with Crippen molar-refractivity contribution in [1.82, 2.24) is 52.2 Å². The number of Topliss-reactive ketones (excluding diaryl/α,β-unsaturated/α-hetero) is 1. The van der Waals surface area contributed by atoms with Gasteiger partial charge in [-0.1, -0.05) is 32.9 Å². The van der Waals surface area contributed by atoms with E-state index in [9.17, 15) is 38.4 Å². The van der Waals surface area contributed by atoms with Gasteiger partial charge in [0.25, 0.3) is 0 Å². The van der Waals surface area contributed by atoms with E-state index in [1.807, 2.05) is 0 Å². The van der Waals surface area contributed by atoms with E-state index in [0.29, 0.717) is 105 Å². The number of nitrogens with one attached hydrogen (secondary N) is 7. The Labute approximate surface area is 436 Å². The van der Waals surface area contributed by atoms with Crippen LogP contribution in [0.25, 0.3) is 0 Å². The number of ketones is 1. The SMILES string of the molecule is CC(=O)NC(CCCCn1ccnn1)C(=O)NCCOCCOCCOCCC(=O)NCCOCCOCCOCCC(=O)NC(CCCCN)C(=O)NC(C(=O)NC(CCCNC(N)=O)C(=O)C(C)C)C(C)C. The van der Waals surface area contributed by atoms with E-state index in [0.717, 1.165) is 12.8 Å². The predicted molar refractivity (Wildman–Crippen MR) is 272 cm³/mol. The van der Waals surface area contributed by atoms with Gasteiger partial charge in [0.1, 0.15) is 18.1 Å². The van der Waals surface area contributed by atoms with Gasteiger partial charge in [0.05, 0.1) is 91.5 Å². The summed E-state index contributed by atoms with van der Waals surface area (Å²) in [7, 11) is 0. The maximum atomic E-state index is 13.5. The van der Waals surface area contributed by atoms with Crippen molar-refractivity contribution in [2.24, 2.45) is 23.3 Å². The highest BCUT2D eigenvalue weighted by molar-refractivity contribution is 5.95. The summed E-state index contributed by atoms with van der Waals surface area (Å²) in [5, 5.41) is 26.7. The Balaban J connectivity index is 2.15. The van der Waals surface area contributed by atoms with E-state index in [1.54, 1.807) is 44.8 Å². The number of unbranched alkanes of at least 4 members (excludes halogenated alkanes) is 2. The first-order valence-corrected chi connectivity index (χ1v) is 25.8. The van der Waals surface area contributed by atoms with Crippen molar-refractivity contribution in [2.75, 3.05) is 105 Å². The van der Waals surface area contributed by atoms with Crippen molar-refractivity contribution < 1.29 is 66.8 Å². The number of urea groups is 1. The van der Waals surface area contributed by atoms with Gasteiger partial charge >= 0.3 is 6.03 Å². The largest absolute Gasteiger partial charge is 0.379 e. The number of hydrogen-bond acceptors (Lipinski definition) is 17.